The van der Waals surface area contributed by atoms with Crippen molar-refractivity contribution in [1.82, 2.24) is 30.7 Å². The molecule has 3 N–H and O–H groups in total. The molecule has 0 radical (unpaired) electrons. The number of aryl methyl sites for hydroxylation is 1. The minimum Gasteiger partial charge on any atom is -0.618 e. The highest BCUT2D eigenvalue weighted by Gasteiger charge is 2.43. The van der Waals surface area contributed by atoms with E-state index in [9.17, 15) is 19.6 Å². The summed E-state index contributed by atoms with van der Waals surface area (Å²) in [6.45, 7) is 24.6. The van der Waals surface area contributed by atoms with E-state index >= 15 is 0 Å². The number of nitrogens with one attached hydrogen (secondary N) is 3. The first-order valence-corrected chi connectivity index (χ1v) is 22.2. The van der Waals surface area contributed by atoms with Crippen LogP contribution >= 0.6 is 0 Å². The molecule has 2 aromatic carbocycles. The summed E-state index contributed by atoms with van der Waals surface area (Å²) in [6, 6.07) is 21.7. The number of ether oxygens (including phenoxy) is 2. The summed E-state index contributed by atoms with van der Waals surface area (Å²) in [5.74, 6) is 2.41. The molecule has 5 heterocycles. The molecule has 7 rings (SSSR count). The number of alkyl carbamates (subject to hydrolysis) is 2. The fourth-order valence-electron chi connectivity index (χ4n) is 9.36. The largest absolute Gasteiger partial charge is 0.618 e. The van der Waals surface area contributed by atoms with Crippen LogP contribution in [0.3, 0.4) is 0 Å². The molecule has 4 aliphatic heterocycles. The second kappa shape index (κ2) is 20.0. The molecule has 61 heavy (non-hydrogen) atoms. The minimum absolute atomic E-state index is 0.0189. The van der Waals surface area contributed by atoms with E-state index in [1.807, 2.05) is 102 Å². The predicted octanol–water partition coefficient (Wildman–Crippen LogP) is 6.39. The van der Waals surface area contributed by atoms with Crippen LogP contribution in [0.2, 0.25) is 0 Å². The molecule has 3 aromatic rings. The number of rotatable bonds is 11. The van der Waals surface area contributed by atoms with Crippen LogP contribution in [0.4, 0.5) is 9.59 Å². The van der Waals surface area contributed by atoms with E-state index in [0.717, 1.165) is 85.4 Å². The van der Waals surface area contributed by atoms with Crippen molar-refractivity contribution in [3.05, 3.63) is 106 Å². The monoisotopic (exact) mass is 840 g/mol. The van der Waals surface area contributed by atoms with Crippen LogP contribution in [0.25, 0.3) is 0 Å². The first kappa shape index (κ1) is 45.8. The van der Waals surface area contributed by atoms with Gasteiger partial charge in [-0.3, -0.25) is 4.79 Å². The highest BCUT2D eigenvalue weighted by atomic mass is 16.6. The first-order chi connectivity index (χ1) is 28.9. The quantitative estimate of drug-likeness (QED) is 0.148. The maximum Gasteiger partial charge on any atom is 0.408 e. The second-order valence-electron chi connectivity index (χ2n) is 19.5. The fourth-order valence-corrected chi connectivity index (χ4v) is 9.36. The number of carbonyl (C=O) groups excluding carboxylic acids is 3. The van der Waals surface area contributed by atoms with Gasteiger partial charge in [-0.1, -0.05) is 60.7 Å². The number of nitrogens with zero attached hydrogens (tertiary/aromatic N) is 4. The van der Waals surface area contributed by atoms with E-state index in [1.165, 1.54) is 19.3 Å². The van der Waals surface area contributed by atoms with Gasteiger partial charge in [0.1, 0.15) is 16.8 Å². The molecule has 332 valence electrons. The normalized spacial score (nSPS) is 22.4. The summed E-state index contributed by atoms with van der Waals surface area (Å²) >= 11 is 0. The van der Waals surface area contributed by atoms with Crippen molar-refractivity contribution in [2.45, 2.75) is 91.5 Å². The third-order valence-corrected chi connectivity index (χ3v) is 12.3. The Kier molecular flexibility index (Phi) is 15.0. The van der Waals surface area contributed by atoms with Crippen LogP contribution in [0.5, 0.6) is 0 Å². The highest BCUT2D eigenvalue weighted by Crippen LogP contribution is 2.33. The molecule has 0 saturated carbocycles. The van der Waals surface area contributed by atoms with Gasteiger partial charge in [-0.05, 0) is 115 Å². The number of hydrogen-bond acceptors (Lipinski definition) is 9. The number of pyridine rings is 1. The lowest BCUT2D eigenvalue weighted by Crippen LogP contribution is -2.39. The maximum absolute atomic E-state index is 13.2. The summed E-state index contributed by atoms with van der Waals surface area (Å²) in [5.41, 5.74) is 2.99. The molecular weight excluding hydrogens is 771 g/mol. The molecule has 4 aliphatic rings. The summed E-state index contributed by atoms with van der Waals surface area (Å²) in [6.07, 6.45) is 2.38. The van der Waals surface area contributed by atoms with E-state index in [4.69, 9.17) is 9.47 Å². The summed E-state index contributed by atoms with van der Waals surface area (Å²) < 4.78 is 11.7. The lowest BCUT2D eigenvalue weighted by molar-refractivity contribution is -0.612. The molecule has 4 saturated heterocycles. The number of likely N-dealkylation sites (tertiary alicyclic amines) is 3. The smallest absolute Gasteiger partial charge is 0.408 e. The van der Waals surface area contributed by atoms with Gasteiger partial charge in [-0.2, -0.15) is 4.73 Å². The summed E-state index contributed by atoms with van der Waals surface area (Å²) in [4.78, 5) is 44.9. The number of fused-ring (bicyclic) bond motifs is 2. The molecular formula is C48H69N7O6. The Morgan fingerprint density at radius 3 is 1.54 bits per heavy atom. The van der Waals surface area contributed by atoms with Gasteiger partial charge < -0.3 is 45.3 Å². The van der Waals surface area contributed by atoms with Crippen molar-refractivity contribution in [2.24, 2.45) is 23.7 Å². The predicted molar refractivity (Wildman–Crippen MR) is 237 cm³/mol. The topological polar surface area (TPSA) is 142 Å². The van der Waals surface area contributed by atoms with E-state index < -0.39 is 17.3 Å². The first-order valence-electron chi connectivity index (χ1n) is 22.2. The maximum atomic E-state index is 13.2. The van der Waals surface area contributed by atoms with Crippen molar-refractivity contribution in [1.29, 1.82) is 0 Å². The van der Waals surface area contributed by atoms with Gasteiger partial charge in [0.15, 0.2) is 6.20 Å². The summed E-state index contributed by atoms with van der Waals surface area (Å²) in [7, 11) is 0. The van der Waals surface area contributed by atoms with Gasteiger partial charge in [0.05, 0.1) is 12.1 Å². The Bertz CT molecular complexity index is 1910. The molecule has 13 heteroatoms. The van der Waals surface area contributed by atoms with E-state index in [0.29, 0.717) is 36.2 Å². The Labute approximate surface area is 363 Å². The minimum atomic E-state index is -0.550. The molecule has 6 atom stereocenters. The van der Waals surface area contributed by atoms with E-state index in [1.54, 1.807) is 13.0 Å². The van der Waals surface area contributed by atoms with Crippen LogP contribution in [-0.2, 0) is 9.47 Å². The Morgan fingerprint density at radius 2 is 1.11 bits per heavy atom. The lowest BCUT2D eigenvalue weighted by Gasteiger charge is -2.26. The van der Waals surface area contributed by atoms with Gasteiger partial charge in [-0.25, -0.2) is 9.59 Å². The number of carbonyl (C=O) groups is 3. The lowest BCUT2D eigenvalue weighted by atomic mass is 10.0. The number of amides is 3. The highest BCUT2D eigenvalue weighted by molar-refractivity contribution is 5.96. The van der Waals surface area contributed by atoms with Crippen LogP contribution in [-0.4, -0.2) is 109 Å². The van der Waals surface area contributed by atoms with Gasteiger partial charge in [-0.15, -0.1) is 0 Å². The van der Waals surface area contributed by atoms with Crippen molar-refractivity contribution in [3.63, 3.8) is 0 Å². The number of hydrogen-bond donors (Lipinski definition) is 3. The van der Waals surface area contributed by atoms with Gasteiger partial charge >= 0.3 is 12.2 Å². The summed E-state index contributed by atoms with van der Waals surface area (Å²) in [5, 5.41) is 21.6. The molecule has 4 fully saturated rings. The number of benzene rings is 2. The average Bonchev–Trinajstić information content (AvgIpc) is 3.98. The van der Waals surface area contributed by atoms with Crippen molar-refractivity contribution >= 4 is 18.1 Å². The number of aromatic nitrogens is 1. The van der Waals surface area contributed by atoms with Crippen LogP contribution in [0.15, 0.2) is 72.9 Å². The Hall–Kier alpha value is -4.72. The molecule has 4 unspecified atom stereocenters. The molecule has 13 nitrogen and oxygen atoms in total. The SMILES string of the molecule is CC(C)(C)OC(=O)N[C@@H](CCN1CC2CNCC2C1)c1ccccc1.Cc1cc[n+]([O-])c(C)c1C(=O)N1CC2CN(CC[C@H](NC(=O)OC(C)(C)C)c3ccccc3)CC2C1. The molecule has 0 bridgehead atoms. The van der Waals surface area contributed by atoms with Crippen molar-refractivity contribution < 1.29 is 28.6 Å². The zero-order valence-electron chi connectivity index (χ0n) is 37.6. The van der Waals surface area contributed by atoms with Gasteiger partial charge in [0.25, 0.3) is 5.91 Å². The van der Waals surface area contributed by atoms with Gasteiger partial charge in [0.2, 0.25) is 5.69 Å². The van der Waals surface area contributed by atoms with Crippen LogP contribution < -0.4 is 20.7 Å². The zero-order valence-corrected chi connectivity index (χ0v) is 37.6. The zero-order chi connectivity index (χ0) is 43.9. The second-order valence-corrected chi connectivity index (χ2v) is 19.5. The van der Waals surface area contributed by atoms with E-state index in [2.05, 4.69) is 37.9 Å². The molecule has 0 spiro atoms. The molecule has 0 aliphatic carbocycles. The third kappa shape index (κ3) is 12.9. The Balaban J connectivity index is 0.000000218. The van der Waals surface area contributed by atoms with Crippen molar-refractivity contribution in [2.75, 3.05) is 65.4 Å². The standard InChI is InChI=1S/C28H38N4O4.C20H31N3O2/c1-19-11-14-32(35)20(2)25(19)26(33)31-17-22-15-30(16-23(22)18-31)13-12-24(21-9-7-6-8-10-21)29-27(34)36-28(3,4)5;1-20(2,3)25-19(24)22-18(15-7-5-4-6-8-15)9-10-23-13-16-11-21-12-17(16)14-23/h6-11,14,22-24H,12-13,15-18H2,1-5H3,(H,29,34);4-8,16-18,21H,9-14H2,1-3H3,(H,22,24)/t22?,23?,24-;16?,17?,18-/m00/s1. The molecule has 1 aromatic heterocycles. The average molecular weight is 840 g/mol. The van der Waals surface area contributed by atoms with Crippen LogP contribution in [0, 0.1) is 42.7 Å². The van der Waals surface area contributed by atoms with Crippen molar-refractivity contribution in [3.8, 4) is 0 Å². The van der Waals surface area contributed by atoms with Gasteiger partial charge in [0, 0.05) is 65.3 Å². The third-order valence-electron chi connectivity index (χ3n) is 12.3. The Morgan fingerprint density at radius 1 is 0.689 bits per heavy atom. The van der Waals surface area contributed by atoms with Crippen LogP contribution in [0.1, 0.15) is 99.2 Å². The van der Waals surface area contributed by atoms with E-state index in [-0.39, 0.29) is 24.1 Å². The molecule has 3 amide bonds. The fraction of sp³-hybridized carbons (Fsp3) is 0.583.